The number of aromatic nitrogens is 1. The number of nitrogens with zero attached hydrogens (tertiary/aromatic N) is 1. The Balaban J connectivity index is 2.16. The largest absolute Gasteiger partial charge is 0.480 e. The number of para-hydroxylation sites is 1. The van der Waals surface area contributed by atoms with Crippen LogP contribution in [0.25, 0.3) is 11.0 Å². The van der Waals surface area contributed by atoms with Crippen LogP contribution in [0.5, 0.6) is 0 Å². The van der Waals surface area contributed by atoms with E-state index < -0.39 is 11.5 Å². The van der Waals surface area contributed by atoms with E-state index in [0.29, 0.717) is 24.1 Å². The quantitative estimate of drug-likeness (QED) is 0.850. The molecule has 112 valence electrons. The summed E-state index contributed by atoms with van der Waals surface area (Å²) in [6, 6.07) is 7.24. The average Bonchev–Trinajstić information content (AvgIpc) is 2.88. The lowest BCUT2D eigenvalue weighted by Gasteiger charge is -2.27. The van der Waals surface area contributed by atoms with Crippen LogP contribution in [0.2, 0.25) is 0 Å². The Morgan fingerprint density at radius 2 is 1.95 bits per heavy atom. The molecule has 0 fully saturated rings. The summed E-state index contributed by atoms with van der Waals surface area (Å²) >= 11 is 0. The molecular weight excluding hydrogens is 272 g/mol. The maximum Gasteiger partial charge on any atom is 0.329 e. The fourth-order valence-electron chi connectivity index (χ4n) is 2.31. The lowest BCUT2D eigenvalue weighted by Crippen LogP contribution is -2.54. The molecule has 0 saturated heterocycles. The fourth-order valence-corrected chi connectivity index (χ4v) is 2.31. The Labute approximate surface area is 122 Å². The summed E-state index contributed by atoms with van der Waals surface area (Å²) < 4.78 is 5.13. The lowest BCUT2D eigenvalue weighted by atomic mass is 9.92. The fraction of sp³-hybridized carbons (Fsp3) is 0.400. The number of carbonyl (C=O) groups excluding carboxylic acids is 1. The lowest BCUT2D eigenvalue weighted by molar-refractivity contribution is -0.148. The molecule has 0 atom stereocenters. The number of carboxylic acids is 1. The summed E-state index contributed by atoms with van der Waals surface area (Å²) in [5.41, 5.74) is -0.109. The van der Waals surface area contributed by atoms with Crippen LogP contribution in [0.1, 0.15) is 32.4 Å². The zero-order valence-electron chi connectivity index (χ0n) is 12.0. The van der Waals surface area contributed by atoms with Gasteiger partial charge in [-0.1, -0.05) is 31.1 Å². The summed E-state index contributed by atoms with van der Waals surface area (Å²) in [7, 11) is 0. The van der Waals surface area contributed by atoms with E-state index in [2.05, 4.69) is 10.5 Å². The number of carboxylic acid groups (broad SMARTS) is 1. The molecule has 0 aliphatic heterocycles. The van der Waals surface area contributed by atoms with E-state index in [0.717, 1.165) is 5.39 Å². The maximum absolute atomic E-state index is 12.1. The van der Waals surface area contributed by atoms with E-state index in [1.165, 1.54) is 0 Å². The predicted octanol–water partition coefficient (Wildman–Crippen LogP) is 2.13. The van der Waals surface area contributed by atoms with Crippen molar-refractivity contribution in [3.05, 3.63) is 30.0 Å². The third kappa shape index (κ3) is 2.89. The molecule has 6 nitrogen and oxygen atoms in total. The number of aliphatic carboxylic acids is 1. The second-order valence-corrected chi connectivity index (χ2v) is 4.94. The van der Waals surface area contributed by atoms with Crippen molar-refractivity contribution in [3.8, 4) is 0 Å². The number of carbonyl (C=O) groups is 2. The second kappa shape index (κ2) is 5.95. The first-order valence-corrected chi connectivity index (χ1v) is 6.90. The topological polar surface area (TPSA) is 92.4 Å². The Kier molecular flexibility index (Phi) is 4.26. The van der Waals surface area contributed by atoms with Gasteiger partial charge in [-0.15, -0.1) is 0 Å². The van der Waals surface area contributed by atoms with Crippen LogP contribution in [0.4, 0.5) is 0 Å². The number of amides is 1. The van der Waals surface area contributed by atoms with Crippen molar-refractivity contribution in [3.63, 3.8) is 0 Å². The van der Waals surface area contributed by atoms with E-state index in [1.807, 2.05) is 18.2 Å². The van der Waals surface area contributed by atoms with Crippen LogP contribution < -0.4 is 5.32 Å². The summed E-state index contributed by atoms with van der Waals surface area (Å²) in [6.07, 6.45) is 0.639. The number of rotatable bonds is 6. The molecule has 21 heavy (non-hydrogen) atoms. The summed E-state index contributed by atoms with van der Waals surface area (Å²) in [5.74, 6) is -1.40. The molecule has 1 heterocycles. The van der Waals surface area contributed by atoms with Crippen molar-refractivity contribution < 1.29 is 19.2 Å². The molecule has 0 bridgehead atoms. The van der Waals surface area contributed by atoms with Gasteiger partial charge in [-0.2, -0.15) is 0 Å². The highest BCUT2D eigenvalue weighted by atomic mass is 16.5. The molecule has 0 radical (unpaired) electrons. The number of benzene rings is 1. The van der Waals surface area contributed by atoms with Crippen molar-refractivity contribution in [1.29, 1.82) is 0 Å². The van der Waals surface area contributed by atoms with Gasteiger partial charge in [0.2, 0.25) is 5.91 Å². The molecule has 6 heteroatoms. The molecule has 0 aliphatic carbocycles. The van der Waals surface area contributed by atoms with Gasteiger partial charge in [0.15, 0.2) is 5.58 Å². The summed E-state index contributed by atoms with van der Waals surface area (Å²) in [6.45, 7) is 3.48. The minimum Gasteiger partial charge on any atom is -0.480 e. The normalized spacial score (nSPS) is 11.5. The van der Waals surface area contributed by atoms with Crippen molar-refractivity contribution in [1.82, 2.24) is 10.5 Å². The van der Waals surface area contributed by atoms with E-state index in [-0.39, 0.29) is 12.3 Å². The van der Waals surface area contributed by atoms with Crippen LogP contribution in [0, 0.1) is 0 Å². The van der Waals surface area contributed by atoms with E-state index in [1.54, 1.807) is 19.9 Å². The first kappa shape index (κ1) is 15.0. The highest BCUT2D eigenvalue weighted by Crippen LogP contribution is 2.19. The third-order valence-electron chi connectivity index (χ3n) is 3.78. The van der Waals surface area contributed by atoms with Gasteiger partial charge < -0.3 is 14.9 Å². The Bertz CT molecular complexity index is 658. The van der Waals surface area contributed by atoms with Crippen molar-refractivity contribution in [2.24, 2.45) is 0 Å². The number of hydrogen-bond donors (Lipinski definition) is 2. The van der Waals surface area contributed by atoms with Gasteiger partial charge in [-0.3, -0.25) is 4.79 Å². The molecule has 0 unspecified atom stereocenters. The van der Waals surface area contributed by atoms with Crippen LogP contribution in [0.15, 0.2) is 28.8 Å². The zero-order chi connectivity index (χ0) is 15.5. The SMILES string of the molecule is CCC(CC)(NC(=O)Cc1noc2ccccc12)C(=O)O. The Morgan fingerprint density at radius 1 is 1.29 bits per heavy atom. The number of nitrogens with one attached hydrogen (secondary N) is 1. The number of hydrogen-bond acceptors (Lipinski definition) is 4. The van der Waals surface area contributed by atoms with Crippen LogP contribution in [0.3, 0.4) is 0 Å². The highest BCUT2D eigenvalue weighted by Gasteiger charge is 2.36. The molecule has 1 aromatic carbocycles. The average molecular weight is 290 g/mol. The minimum atomic E-state index is -1.23. The Morgan fingerprint density at radius 3 is 2.57 bits per heavy atom. The molecule has 1 aromatic heterocycles. The van der Waals surface area contributed by atoms with Crippen molar-refractivity contribution in [2.75, 3.05) is 0 Å². The van der Waals surface area contributed by atoms with Gasteiger partial charge in [0.25, 0.3) is 0 Å². The predicted molar refractivity (Wildman–Crippen MR) is 76.8 cm³/mol. The van der Waals surface area contributed by atoms with E-state index >= 15 is 0 Å². The molecule has 0 aliphatic rings. The zero-order valence-corrected chi connectivity index (χ0v) is 12.0. The van der Waals surface area contributed by atoms with Gasteiger partial charge >= 0.3 is 5.97 Å². The van der Waals surface area contributed by atoms with Crippen LogP contribution in [-0.2, 0) is 16.0 Å². The van der Waals surface area contributed by atoms with Crippen LogP contribution in [-0.4, -0.2) is 27.7 Å². The van der Waals surface area contributed by atoms with Gasteiger partial charge in [0, 0.05) is 5.39 Å². The molecule has 0 spiro atoms. The smallest absolute Gasteiger partial charge is 0.329 e. The van der Waals surface area contributed by atoms with Gasteiger partial charge in [-0.05, 0) is 25.0 Å². The Hall–Kier alpha value is -2.37. The van der Waals surface area contributed by atoms with E-state index in [9.17, 15) is 14.7 Å². The van der Waals surface area contributed by atoms with Crippen molar-refractivity contribution >= 4 is 22.8 Å². The monoisotopic (exact) mass is 290 g/mol. The second-order valence-electron chi connectivity index (χ2n) is 4.94. The van der Waals surface area contributed by atoms with Gasteiger partial charge in [-0.25, -0.2) is 4.79 Å². The molecule has 2 N–H and O–H groups in total. The van der Waals surface area contributed by atoms with Gasteiger partial charge in [0.05, 0.1) is 6.42 Å². The van der Waals surface area contributed by atoms with Gasteiger partial charge in [0.1, 0.15) is 11.2 Å². The van der Waals surface area contributed by atoms with E-state index in [4.69, 9.17) is 4.52 Å². The van der Waals surface area contributed by atoms with Crippen LogP contribution >= 0.6 is 0 Å². The molecular formula is C15H18N2O4. The summed E-state index contributed by atoms with van der Waals surface area (Å²) in [4.78, 5) is 23.5. The summed E-state index contributed by atoms with van der Waals surface area (Å²) in [5, 5.41) is 16.6. The maximum atomic E-state index is 12.1. The first-order chi connectivity index (χ1) is 10.0. The first-order valence-electron chi connectivity index (χ1n) is 6.90. The number of fused-ring (bicyclic) bond motifs is 1. The molecule has 0 saturated carbocycles. The van der Waals surface area contributed by atoms with Crippen molar-refractivity contribution in [2.45, 2.75) is 38.6 Å². The molecule has 2 rings (SSSR count). The standard InChI is InChI=1S/C15H18N2O4/c1-3-15(4-2,14(19)20)16-13(18)9-11-10-7-5-6-8-12(10)21-17-11/h5-8H,3-4,9H2,1-2H3,(H,16,18)(H,19,20). The molecule has 1 amide bonds. The minimum absolute atomic E-state index is 0.00789. The molecule has 2 aromatic rings. The third-order valence-corrected chi connectivity index (χ3v) is 3.78. The highest BCUT2D eigenvalue weighted by molar-refractivity contribution is 5.90.